The summed E-state index contributed by atoms with van der Waals surface area (Å²) in [5.41, 5.74) is 0. The van der Waals surface area contributed by atoms with Gasteiger partial charge in [0.25, 0.3) is 0 Å². The van der Waals surface area contributed by atoms with E-state index in [2.05, 4.69) is 18.7 Å². The van der Waals surface area contributed by atoms with Crippen molar-refractivity contribution >= 4 is 5.91 Å². The standard InChI is InChI=1S/C13H25NO/c1-10(2)8-12-6-5-7-14(9-12)13(15)11(3)4/h10-12H,5-9H2,1-4H3. The van der Waals surface area contributed by atoms with Crippen LogP contribution in [0.15, 0.2) is 0 Å². The van der Waals surface area contributed by atoms with Crippen LogP contribution in [0.5, 0.6) is 0 Å². The Bertz CT molecular complexity index is 211. The van der Waals surface area contributed by atoms with Gasteiger partial charge in [-0.15, -0.1) is 0 Å². The molecule has 2 heteroatoms. The molecule has 1 atom stereocenters. The predicted molar refractivity (Wildman–Crippen MR) is 63.6 cm³/mol. The molecule has 1 unspecified atom stereocenters. The van der Waals surface area contributed by atoms with Crippen LogP contribution < -0.4 is 0 Å². The van der Waals surface area contributed by atoms with Crippen molar-refractivity contribution in [1.29, 1.82) is 0 Å². The highest BCUT2D eigenvalue weighted by Crippen LogP contribution is 2.23. The van der Waals surface area contributed by atoms with Crippen LogP contribution >= 0.6 is 0 Å². The van der Waals surface area contributed by atoms with Gasteiger partial charge in [-0.05, 0) is 31.1 Å². The summed E-state index contributed by atoms with van der Waals surface area (Å²) in [5, 5.41) is 0. The van der Waals surface area contributed by atoms with Gasteiger partial charge in [-0.2, -0.15) is 0 Å². The highest BCUT2D eigenvalue weighted by Gasteiger charge is 2.25. The summed E-state index contributed by atoms with van der Waals surface area (Å²) < 4.78 is 0. The van der Waals surface area contributed by atoms with Gasteiger partial charge in [0.05, 0.1) is 0 Å². The molecule has 0 spiro atoms. The summed E-state index contributed by atoms with van der Waals surface area (Å²) in [6, 6.07) is 0. The van der Waals surface area contributed by atoms with Crippen molar-refractivity contribution in [2.24, 2.45) is 17.8 Å². The van der Waals surface area contributed by atoms with E-state index in [0.29, 0.717) is 5.91 Å². The van der Waals surface area contributed by atoms with Crippen molar-refractivity contribution in [3.8, 4) is 0 Å². The van der Waals surface area contributed by atoms with Gasteiger partial charge in [-0.3, -0.25) is 4.79 Å². The number of likely N-dealkylation sites (tertiary alicyclic amines) is 1. The number of hydrogen-bond donors (Lipinski definition) is 0. The predicted octanol–water partition coefficient (Wildman–Crippen LogP) is 2.93. The molecule has 0 aromatic carbocycles. The average molecular weight is 211 g/mol. The van der Waals surface area contributed by atoms with Crippen molar-refractivity contribution in [2.75, 3.05) is 13.1 Å². The second-order valence-electron chi connectivity index (χ2n) is 5.58. The van der Waals surface area contributed by atoms with Crippen LogP contribution in [0.3, 0.4) is 0 Å². The third kappa shape index (κ3) is 3.84. The molecule has 1 fully saturated rings. The molecule has 1 heterocycles. The first-order valence-electron chi connectivity index (χ1n) is 6.29. The molecular formula is C13H25NO. The Balaban J connectivity index is 2.45. The Morgan fingerprint density at radius 3 is 2.53 bits per heavy atom. The molecule has 0 saturated carbocycles. The fourth-order valence-corrected chi connectivity index (χ4v) is 2.49. The van der Waals surface area contributed by atoms with E-state index in [1.165, 1.54) is 19.3 Å². The molecule has 0 aliphatic carbocycles. The second-order valence-corrected chi connectivity index (χ2v) is 5.58. The van der Waals surface area contributed by atoms with Crippen LogP contribution in [0.25, 0.3) is 0 Å². The van der Waals surface area contributed by atoms with E-state index < -0.39 is 0 Å². The van der Waals surface area contributed by atoms with E-state index in [9.17, 15) is 4.79 Å². The maximum atomic E-state index is 11.9. The second kappa shape index (κ2) is 5.53. The first-order chi connectivity index (χ1) is 7.00. The maximum Gasteiger partial charge on any atom is 0.225 e. The molecule has 1 rings (SSSR count). The highest BCUT2D eigenvalue weighted by atomic mass is 16.2. The lowest BCUT2D eigenvalue weighted by Gasteiger charge is -2.34. The van der Waals surface area contributed by atoms with Crippen molar-refractivity contribution in [3.63, 3.8) is 0 Å². The SMILES string of the molecule is CC(C)CC1CCCN(C(=O)C(C)C)C1. The third-order valence-electron chi connectivity index (χ3n) is 3.13. The Morgan fingerprint density at radius 2 is 2.00 bits per heavy atom. The maximum absolute atomic E-state index is 11.9. The van der Waals surface area contributed by atoms with Gasteiger partial charge in [0.1, 0.15) is 0 Å². The van der Waals surface area contributed by atoms with Gasteiger partial charge in [0.2, 0.25) is 5.91 Å². The molecule has 0 radical (unpaired) electrons. The van der Waals surface area contributed by atoms with Crippen LogP contribution in [-0.2, 0) is 4.79 Å². The van der Waals surface area contributed by atoms with Crippen LogP contribution in [0, 0.1) is 17.8 Å². The van der Waals surface area contributed by atoms with Gasteiger partial charge >= 0.3 is 0 Å². The monoisotopic (exact) mass is 211 g/mol. The zero-order valence-corrected chi connectivity index (χ0v) is 10.6. The van der Waals surface area contributed by atoms with Crippen LogP contribution in [-0.4, -0.2) is 23.9 Å². The summed E-state index contributed by atoms with van der Waals surface area (Å²) in [6.07, 6.45) is 3.76. The summed E-state index contributed by atoms with van der Waals surface area (Å²) in [5.74, 6) is 1.98. The summed E-state index contributed by atoms with van der Waals surface area (Å²) in [4.78, 5) is 13.9. The average Bonchev–Trinajstić information content (AvgIpc) is 2.16. The van der Waals surface area contributed by atoms with E-state index in [-0.39, 0.29) is 5.92 Å². The lowest BCUT2D eigenvalue weighted by Crippen LogP contribution is -2.42. The quantitative estimate of drug-likeness (QED) is 0.703. The van der Waals surface area contributed by atoms with Crippen molar-refractivity contribution in [3.05, 3.63) is 0 Å². The topological polar surface area (TPSA) is 20.3 Å². The minimum atomic E-state index is 0.155. The summed E-state index contributed by atoms with van der Waals surface area (Å²) in [7, 11) is 0. The first-order valence-corrected chi connectivity index (χ1v) is 6.29. The van der Waals surface area contributed by atoms with Gasteiger partial charge in [-0.25, -0.2) is 0 Å². The van der Waals surface area contributed by atoms with Gasteiger partial charge in [0, 0.05) is 19.0 Å². The lowest BCUT2D eigenvalue weighted by molar-refractivity contribution is -0.136. The molecule has 0 bridgehead atoms. The summed E-state index contributed by atoms with van der Waals surface area (Å²) in [6.45, 7) is 10.5. The smallest absolute Gasteiger partial charge is 0.225 e. The van der Waals surface area contributed by atoms with Gasteiger partial charge in [-0.1, -0.05) is 27.7 Å². The fourth-order valence-electron chi connectivity index (χ4n) is 2.49. The Hall–Kier alpha value is -0.530. The molecule has 15 heavy (non-hydrogen) atoms. The molecular weight excluding hydrogens is 186 g/mol. The Labute approximate surface area is 94.0 Å². The highest BCUT2D eigenvalue weighted by molar-refractivity contribution is 5.78. The number of amides is 1. The molecule has 2 nitrogen and oxygen atoms in total. The molecule has 88 valence electrons. The minimum Gasteiger partial charge on any atom is -0.342 e. The van der Waals surface area contributed by atoms with Gasteiger partial charge in [0.15, 0.2) is 0 Å². The molecule has 1 saturated heterocycles. The van der Waals surface area contributed by atoms with Gasteiger partial charge < -0.3 is 4.90 Å². The Kier molecular flexibility index (Phi) is 4.62. The molecule has 0 N–H and O–H groups in total. The van der Waals surface area contributed by atoms with E-state index in [0.717, 1.165) is 24.9 Å². The van der Waals surface area contributed by atoms with E-state index in [1.54, 1.807) is 0 Å². The number of piperidine rings is 1. The fraction of sp³-hybridized carbons (Fsp3) is 0.923. The number of carbonyl (C=O) groups excluding carboxylic acids is 1. The largest absolute Gasteiger partial charge is 0.342 e. The van der Waals surface area contributed by atoms with E-state index in [4.69, 9.17) is 0 Å². The Morgan fingerprint density at radius 1 is 1.33 bits per heavy atom. The number of rotatable bonds is 3. The molecule has 1 amide bonds. The van der Waals surface area contributed by atoms with Crippen molar-refractivity contribution in [1.82, 2.24) is 4.90 Å². The lowest BCUT2D eigenvalue weighted by atomic mass is 9.89. The molecule has 0 aromatic heterocycles. The number of nitrogens with zero attached hydrogens (tertiary/aromatic N) is 1. The zero-order valence-electron chi connectivity index (χ0n) is 10.6. The van der Waals surface area contributed by atoms with E-state index in [1.807, 2.05) is 13.8 Å². The number of hydrogen-bond acceptors (Lipinski definition) is 1. The minimum absolute atomic E-state index is 0.155. The van der Waals surface area contributed by atoms with Crippen LogP contribution in [0.1, 0.15) is 47.0 Å². The first kappa shape index (κ1) is 12.5. The van der Waals surface area contributed by atoms with Crippen LogP contribution in [0.4, 0.5) is 0 Å². The third-order valence-corrected chi connectivity index (χ3v) is 3.13. The molecule has 1 aliphatic rings. The number of carbonyl (C=O) groups is 1. The zero-order chi connectivity index (χ0) is 11.4. The summed E-state index contributed by atoms with van der Waals surface area (Å²) >= 11 is 0. The van der Waals surface area contributed by atoms with Crippen molar-refractivity contribution in [2.45, 2.75) is 47.0 Å². The molecule has 1 aliphatic heterocycles. The molecule has 0 aromatic rings. The normalized spacial score (nSPS) is 22.5. The van der Waals surface area contributed by atoms with E-state index >= 15 is 0 Å². The van der Waals surface area contributed by atoms with Crippen LogP contribution in [0.2, 0.25) is 0 Å². The van der Waals surface area contributed by atoms with Crippen molar-refractivity contribution < 1.29 is 4.79 Å².